The molecule has 0 aliphatic heterocycles. The Balaban J connectivity index is 2.19. The highest BCUT2D eigenvalue weighted by atomic mass is 32.2. The minimum Gasteiger partial charge on any atom is -0.320 e. The molecular weight excluding hydrogens is 275 g/mol. The van der Waals surface area contributed by atoms with E-state index in [2.05, 4.69) is 22.0 Å². The molecule has 0 saturated heterocycles. The number of hydrogen-bond donors (Lipinski definition) is 1. The predicted octanol–water partition coefficient (Wildman–Crippen LogP) is 1.87. The van der Waals surface area contributed by atoms with Gasteiger partial charge in [0.05, 0.1) is 6.54 Å². The van der Waals surface area contributed by atoms with Crippen LogP contribution >= 0.6 is 11.8 Å². The van der Waals surface area contributed by atoms with E-state index in [0.29, 0.717) is 11.3 Å². The van der Waals surface area contributed by atoms with E-state index in [1.165, 1.54) is 12.1 Å². The first-order valence-corrected chi connectivity index (χ1v) is 7.06. The van der Waals surface area contributed by atoms with E-state index >= 15 is 0 Å². The Morgan fingerprint density at radius 1 is 1.40 bits per heavy atom. The Morgan fingerprint density at radius 2 is 2.20 bits per heavy atom. The fourth-order valence-electron chi connectivity index (χ4n) is 1.59. The molecule has 2 aromatic rings. The Morgan fingerprint density at radius 3 is 2.85 bits per heavy atom. The summed E-state index contributed by atoms with van der Waals surface area (Å²) in [5.41, 5.74) is 6.98. The van der Waals surface area contributed by atoms with Gasteiger partial charge < -0.3 is 10.3 Å². The molecule has 2 rings (SSSR count). The molecule has 104 valence electrons. The number of nitrogens with zero attached hydrogens (tertiary/aromatic N) is 3. The van der Waals surface area contributed by atoms with Crippen molar-refractivity contribution < 1.29 is 4.39 Å². The van der Waals surface area contributed by atoms with E-state index in [1.807, 2.05) is 18.5 Å². The van der Waals surface area contributed by atoms with Gasteiger partial charge in [-0.15, -0.1) is 10.2 Å². The van der Waals surface area contributed by atoms with Crippen LogP contribution in [0.25, 0.3) is 0 Å². The summed E-state index contributed by atoms with van der Waals surface area (Å²) < 4.78 is 15.2. The van der Waals surface area contributed by atoms with Gasteiger partial charge in [0.1, 0.15) is 11.6 Å². The van der Waals surface area contributed by atoms with Gasteiger partial charge in [0, 0.05) is 18.4 Å². The average molecular weight is 290 g/mol. The van der Waals surface area contributed by atoms with Crippen LogP contribution in [0.1, 0.15) is 17.0 Å². The Hall–Kier alpha value is -1.84. The van der Waals surface area contributed by atoms with E-state index in [1.54, 1.807) is 17.8 Å². The molecule has 20 heavy (non-hydrogen) atoms. The maximum atomic E-state index is 13.3. The van der Waals surface area contributed by atoms with Crippen LogP contribution in [0.3, 0.4) is 0 Å². The molecule has 6 heteroatoms. The van der Waals surface area contributed by atoms with Gasteiger partial charge in [-0.3, -0.25) is 0 Å². The van der Waals surface area contributed by atoms with Crippen molar-refractivity contribution in [2.24, 2.45) is 12.8 Å². The van der Waals surface area contributed by atoms with Gasteiger partial charge in [-0.2, -0.15) is 0 Å². The van der Waals surface area contributed by atoms with E-state index in [-0.39, 0.29) is 12.4 Å². The lowest BCUT2D eigenvalue weighted by atomic mass is 10.1. The van der Waals surface area contributed by atoms with Gasteiger partial charge in [0.2, 0.25) is 0 Å². The van der Waals surface area contributed by atoms with Crippen LogP contribution < -0.4 is 5.73 Å². The van der Waals surface area contributed by atoms with Crippen molar-refractivity contribution in [3.05, 3.63) is 41.0 Å². The van der Waals surface area contributed by atoms with E-state index in [4.69, 9.17) is 5.73 Å². The van der Waals surface area contributed by atoms with Crippen molar-refractivity contribution in [1.82, 2.24) is 14.8 Å². The summed E-state index contributed by atoms with van der Waals surface area (Å²) in [6, 6.07) is 4.61. The number of aryl methyl sites for hydroxylation is 1. The summed E-state index contributed by atoms with van der Waals surface area (Å²) in [6.07, 6.45) is 0. The summed E-state index contributed by atoms with van der Waals surface area (Å²) in [5.74, 6) is 6.87. The van der Waals surface area contributed by atoms with Crippen LogP contribution in [0.15, 0.2) is 23.4 Å². The molecule has 0 spiro atoms. The number of nitrogens with two attached hydrogens (primary N) is 1. The monoisotopic (exact) mass is 290 g/mol. The lowest BCUT2D eigenvalue weighted by molar-refractivity contribution is 0.627. The topological polar surface area (TPSA) is 56.7 Å². The SMILES string of the molecule is Cc1nnc(SCc2ccc(F)cc2C#CCN)n1C. The van der Waals surface area contributed by atoms with Crippen LogP contribution in [0.5, 0.6) is 0 Å². The van der Waals surface area contributed by atoms with E-state index in [0.717, 1.165) is 16.5 Å². The Bertz CT molecular complexity index is 670. The number of rotatable bonds is 3. The van der Waals surface area contributed by atoms with E-state index in [9.17, 15) is 4.39 Å². The van der Waals surface area contributed by atoms with Crippen LogP contribution in [0, 0.1) is 24.6 Å². The van der Waals surface area contributed by atoms with Gasteiger partial charge in [0.25, 0.3) is 0 Å². The smallest absolute Gasteiger partial charge is 0.191 e. The third-order valence-electron chi connectivity index (χ3n) is 2.81. The normalized spacial score (nSPS) is 10.2. The summed E-state index contributed by atoms with van der Waals surface area (Å²) in [4.78, 5) is 0. The molecule has 0 radical (unpaired) electrons. The van der Waals surface area contributed by atoms with Gasteiger partial charge in [0.15, 0.2) is 5.16 Å². The lowest BCUT2D eigenvalue weighted by Gasteiger charge is -2.05. The molecule has 1 heterocycles. The molecule has 0 amide bonds. The summed E-state index contributed by atoms with van der Waals surface area (Å²) in [5, 5.41) is 8.91. The van der Waals surface area contributed by atoms with Crippen molar-refractivity contribution in [2.75, 3.05) is 6.54 Å². The van der Waals surface area contributed by atoms with Gasteiger partial charge in [-0.1, -0.05) is 29.7 Å². The number of aromatic nitrogens is 3. The van der Waals surface area contributed by atoms with Crippen molar-refractivity contribution >= 4 is 11.8 Å². The first-order chi connectivity index (χ1) is 9.61. The minimum atomic E-state index is -0.297. The van der Waals surface area contributed by atoms with Crippen molar-refractivity contribution in [3.63, 3.8) is 0 Å². The number of hydrogen-bond acceptors (Lipinski definition) is 4. The largest absolute Gasteiger partial charge is 0.320 e. The molecule has 0 aliphatic carbocycles. The van der Waals surface area contributed by atoms with Crippen molar-refractivity contribution in [3.8, 4) is 11.8 Å². The zero-order valence-corrected chi connectivity index (χ0v) is 12.2. The molecular formula is C14H15FN4S. The zero-order valence-electron chi connectivity index (χ0n) is 11.4. The van der Waals surface area contributed by atoms with Crippen molar-refractivity contribution in [1.29, 1.82) is 0 Å². The standard InChI is InChI=1S/C14H15FN4S/c1-10-17-18-14(19(10)2)20-9-12-5-6-13(15)8-11(12)4-3-7-16/h5-6,8H,7,9,16H2,1-2H3. The highest BCUT2D eigenvalue weighted by Gasteiger charge is 2.08. The van der Waals surface area contributed by atoms with Crippen LogP contribution in [0.4, 0.5) is 4.39 Å². The summed E-state index contributed by atoms with van der Waals surface area (Å²) in [6.45, 7) is 2.15. The summed E-state index contributed by atoms with van der Waals surface area (Å²) >= 11 is 1.54. The maximum Gasteiger partial charge on any atom is 0.191 e. The Labute approximate surface area is 121 Å². The molecule has 0 atom stereocenters. The molecule has 1 aromatic carbocycles. The molecule has 0 fully saturated rings. The lowest BCUT2D eigenvalue weighted by Crippen LogP contribution is -1.96. The second kappa shape index (κ2) is 6.55. The maximum absolute atomic E-state index is 13.3. The Kier molecular flexibility index (Phi) is 4.77. The molecule has 0 saturated carbocycles. The minimum absolute atomic E-state index is 0.256. The molecule has 0 aliphatic rings. The second-order valence-electron chi connectivity index (χ2n) is 4.18. The predicted molar refractivity (Wildman–Crippen MR) is 77.6 cm³/mol. The van der Waals surface area contributed by atoms with Crippen molar-refractivity contribution in [2.45, 2.75) is 17.8 Å². The quantitative estimate of drug-likeness (QED) is 0.692. The highest BCUT2D eigenvalue weighted by Crippen LogP contribution is 2.23. The second-order valence-corrected chi connectivity index (χ2v) is 5.13. The van der Waals surface area contributed by atoms with Crippen LogP contribution in [-0.2, 0) is 12.8 Å². The van der Waals surface area contributed by atoms with E-state index < -0.39 is 0 Å². The number of benzene rings is 1. The highest BCUT2D eigenvalue weighted by molar-refractivity contribution is 7.98. The van der Waals surface area contributed by atoms with Gasteiger partial charge in [-0.05, 0) is 24.6 Å². The average Bonchev–Trinajstić information content (AvgIpc) is 2.75. The van der Waals surface area contributed by atoms with Crippen LogP contribution in [0.2, 0.25) is 0 Å². The van der Waals surface area contributed by atoms with Gasteiger partial charge >= 0.3 is 0 Å². The number of halogens is 1. The molecule has 4 nitrogen and oxygen atoms in total. The molecule has 2 N–H and O–H groups in total. The molecule has 1 aromatic heterocycles. The molecule has 0 bridgehead atoms. The fourth-order valence-corrected chi connectivity index (χ4v) is 2.55. The zero-order chi connectivity index (χ0) is 14.5. The van der Waals surface area contributed by atoms with Gasteiger partial charge in [-0.25, -0.2) is 4.39 Å². The first-order valence-electron chi connectivity index (χ1n) is 6.08. The number of thioether (sulfide) groups is 1. The first kappa shape index (κ1) is 14.6. The molecule has 0 unspecified atom stereocenters. The third kappa shape index (κ3) is 3.38. The fraction of sp³-hybridized carbons (Fsp3) is 0.286. The summed E-state index contributed by atoms with van der Waals surface area (Å²) in [7, 11) is 1.91. The van der Waals surface area contributed by atoms with Crippen LogP contribution in [-0.4, -0.2) is 21.3 Å². The third-order valence-corrected chi connectivity index (χ3v) is 3.88.